The molecule has 138 valence electrons. The fraction of sp³-hybridized carbons (Fsp3) is 0.350. The standard InChI is InChI=1S/C20H22N6O/c1-12-6-8-21-10-14(12)17(20-25-15-4-2-3-5-16(15)27-20)26-19-13-7-9-22-18(13)23-11-24-19/h2-5,7,9,11-12,14,17,21H,6,8,10H2,1H3,(H2,22,23,24,26). The Morgan fingerprint density at radius 3 is 3.04 bits per heavy atom. The van der Waals surface area contributed by atoms with Crippen molar-refractivity contribution < 1.29 is 4.42 Å². The molecule has 27 heavy (non-hydrogen) atoms. The maximum atomic E-state index is 6.14. The summed E-state index contributed by atoms with van der Waals surface area (Å²) in [4.78, 5) is 16.7. The van der Waals surface area contributed by atoms with Gasteiger partial charge in [0.2, 0.25) is 5.89 Å². The van der Waals surface area contributed by atoms with E-state index < -0.39 is 0 Å². The summed E-state index contributed by atoms with van der Waals surface area (Å²) in [6, 6.07) is 9.81. The van der Waals surface area contributed by atoms with Crippen LogP contribution in [0.15, 0.2) is 47.3 Å². The molecule has 0 saturated carbocycles. The van der Waals surface area contributed by atoms with E-state index >= 15 is 0 Å². The van der Waals surface area contributed by atoms with Gasteiger partial charge in [-0.3, -0.25) is 0 Å². The molecule has 5 rings (SSSR count). The van der Waals surface area contributed by atoms with Crippen molar-refractivity contribution >= 4 is 28.0 Å². The van der Waals surface area contributed by atoms with E-state index in [0.29, 0.717) is 17.7 Å². The van der Waals surface area contributed by atoms with Crippen LogP contribution in [0.3, 0.4) is 0 Å². The van der Waals surface area contributed by atoms with Crippen molar-refractivity contribution in [3.63, 3.8) is 0 Å². The Hall–Kier alpha value is -2.93. The lowest BCUT2D eigenvalue weighted by Gasteiger charge is -2.35. The molecular formula is C20H22N6O. The molecular weight excluding hydrogens is 340 g/mol. The van der Waals surface area contributed by atoms with Crippen LogP contribution in [-0.2, 0) is 0 Å². The zero-order chi connectivity index (χ0) is 18.2. The van der Waals surface area contributed by atoms with Crippen LogP contribution < -0.4 is 10.6 Å². The number of aromatic nitrogens is 4. The molecule has 1 fully saturated rings. The molecule has 0 bridgehead atoms. The van der Waals surface area contributed by atoms with Gasteiger partial charge in [0.1, 0.15) is 29.4 Å². The smallest absolute Gasteiger partial charge is 0.218 e. The van der Waals surface area contributed by atoms with E-state index in [1.807, 2.05) is 36.5 Å². The molecule has 1 saturated heterocycles. The summed E-state index contributed by atoms with van der Waals surface area (Å²) in [6.07, 6.45) is 4.59. The number of oxazole rings is 1. The van der Waals surface area contributed by atoms with Gasteiger partial charge >= 0.3 is 0 Å². The molecule has 1 aliphatic rings. The Morgan fingerprint density at radius 1 is 1.22 bits per heavy atom. The van der Waals surface area contributed by atoms with Gasteiger partial charge in [0.05, 0.1) is 5.39 Å². The number of fused-ring (bicyclic) bond motifs is 2. The van der Waals surface area contributed by atoms with Gasteiger partial charge in [-0.25, -0.2) is 15.0 Å². The number of H-pyrrole nitrogens is 1. The predicted molar refractivity (Wildman–Crippen MR) is 104 cm³/mol. The first-order valence-electron chi connectivity index (χ1n) is 9.40. The third-order valence-electron chi connectivity index (χ3n) is 5.54. The molecule has 0 radical (unpaired) electrons. The van der Waals surface area contributed by atoms with Gasteiger partial charge in [-0.2, -0.15) is 0 Å². The van der Waals surface area contributed by atoms with E-state index in [4.69, 9.17) is 9.40 Å². The minimum Gasteiger partial charge on any atom is -0.438 e. The summed E-state index contributed by atoms with van der Waals surface area (Å²) in [5.74, 6) is 2.39. The zero-order valence-electron chi connectivity index (χ0n) is 15.1. The summed E-state index contributed by atoms with van der Waals surface area (Å²) in [6.45, 7) is 4.27. The Labute approximate surface area is 156 Å². The predicted octanol–water partition coefficient (Wildman–Crippen LogP) is 3.50. The van der Waals surface area contributed by atoms with E-state index in [-0.39, 0.29) is 6.04 Å². The number of nitrogens with zero attached hydrogens (tertiary/aromatic N) is 3. The Balaban J connectivity index is 1.58. The topological polar surface area (TPSA) is 91.7 Å². The molecule has 0 spiro atoms. The van der Waals surface area contributed by atoms with Crippen LogP contribution >= 0.6 is 0 Å². The SMILES string of the molecule is CC1CCNCC1C(Nc1ncnc2[nH]ccc12)c1nc2ccccc2o1. The van der Waals surface area contributed by atoms with Crippen LogP contribution in [0, 0.1) is 11.8 Å². The Kier molecular flexibility index (Phi) is 4.01. The number of para-hydroxylation sites is 2. The average Bonchev–Trinajstić information content (AvgIpc) is 3.33. The minimum atomic E-state index is -0.0757. The lowest BCUT2D eigenvalue weighted by atomic mass is 9.82. The molecule has 3 atom stereocenters. The summed E-state index contributed by atoms with van der Waals surface area (Å²) < 4.78 is 6.14. The fourth-order valence-electron chi connectivity index (χ4n) is 3.97. The first kappa shape index (κ1) is 16.3. The number of anilines is 1. The number of piperidine rings is 1. The van der Waals surface area contributed by atoms with E-state index in [9.17, 15) is 0 Å². The number of aromatic amines is 1. The number of benzene rings is 1. The maximum Gasteiger partial charge on any atom is 0.218 e. The molecule has 3 N–H and O–H groups in total. The van der Waals surface area contributed by atoms with Crippen LogP contribution in [0.25, 0.3) is 22.1 Å². The molecule has 3 aromatic heterocycles. The molecule has 4 heterocycles. The van der Waals surface area contributed by atoms with E-state index in [1.165, 1.54) is 0 Å². The lowest BCUT2D eigenvalue weighted by Crippen LogP contribution is -2.41. The quantitative estimate of drug-likeness (QED) is 0.515. The van der Waals surface area contributed by atoms with Gasteiger partial charge in [0.15, 0.2) is 5.58 Å². The first-order valence-corrected chi connectivity index (χ1v) is 9.40. The van der Waals surface area contributed by atoms with Gasteiger partial charge in [-0.05, 0) is 37.1 Å². The molecule has 1 aromatic carbocycles. The average molecular weight is 362 g/mol. The van der Waals surface area contributed by atoms with Crippen molar-refractivity contribution in [1.29, 1.82) is 0 Å². The molecule has 1 aliphatic heterocycles. The van der Waals surface area contributed by atoms with E-state index in [1.54, 1.807) is 6.33 Å². The number of hydrogen-bond acceptors (Lipinski definition) is 6. The number of nitrogens with one attached hydrogen (secondary N) is 3. The largest absolute Gasteiger partial charge is 0.438 e. The van der Waals surface area contributed by atoms with Crippen molar-refractivity contribution in [3.05, 3.63) is 48.7 Å². The van der Waals surface area contributed by atoms with Crippen molar-refractivity contribution in [2.75, 3.05) is 18.4 Å². The van der Waals surface area contributed by atoms with E-state index in [0.717, 1.165) is 47.5 Å². The van der Waals surface area contributed by atoms with Crippen LogP contribution in [0.1, 0.15) is 25.3 Å². The Bertz CT molecular complexity index is 1040. The van der Waals surface area contributed by atoms with Gasteiger partial charge in [-0.1, -0.05) is 19.1 Å². The van der Waals surface area contributed by atoms with Crippen molar-refractivity contribution in [1.82, 2.24) is 25.3 Å². The third kappa shape index (κ3) is 2.94. The Morgan fingerprint density at radius 2 is 2.15 bits per heavy atom. The highest BCUT2D eigenvalue weighted by atomic mass is 16.3. The normalized spacial score (nSPS) is 21.5. The van der Waals surface area contributed by atoms with Crippen molar-refractivity contribution in [3.8, 4) is 0 Å². The van der Waals surface area contributed by atoms with Gasteiger partial charge < -0.3 is 20.0 Å². The fourth-order valence-corrected chi connectivity index (χ4v) is 3.97. The highest BCUT2D eigenvalue weighted by Crippen LogP contribution is 2.36. The van der Waals surface area contributed by atoms with Gasteiger partial charge in [0.25, 0.3) is 0 Å². The van der Waals surface area contributed by atoms with Crippen LogP contribution in [-0.4, -0.2) is 33.0 Å². The van der Waals surface area contributed by atoms with Gasteiger partial charge in [-0.15, -0.1) is 0 Å². The monoisotopic (exact) mass is 362 g/mol. The second-order valence-corrected chi connectivity index (χ2v) is 7.24. The second kappa shape index (κ2) is 6.66. The third-order valence-corrected chi connectivity index (χ3v) is 5.54. The van der Waals surface area contributed by atoms with Crippen LogP contribution in [0.5, 0.6) is 0 Å². The van der Waals surface area contributed by atoms with Crippen LogP contribution in [0.4, 0.5) is 5.82 Å². The molecule has 7 heteroatoms. The summed E-state index contributed by atoms with van der Waals surface area (Å²) in [5.41, 5.74) is 2.51. The van der Waals surface area contributed by atoms with Crippen molar-refractivity contribution in [2.45, 2.75) is 19.4 Å². The van der Waals surface area contributed by atoms with E-state index in [2.05, 4.69) is 32.5 Å². The molecule has 3 unspecified atom stereocenters. The second-order valence-electron chi connectivity index (χ2n) is 7.24. The van der Waals surface area contributed by atoms with Crippen molar-refractivity contribution in [2.24, 2.45) is 11.8 Å². The minimum absolute atomic E-state index is 0.0757. The zero-order valence-corrected chi connectivity index (χ0v) is 15.1. The van der Waals surface area contributed by atoms with Gasteiger partial charge in [0, 0.05) is 18.7 Å². The first-order chi connectivity index (χ1) is 13.3. The maximum absolute atomic E-state index is 6.14. The lowest BCUT2D eigenvalue weighted by molar-refractivity contribution is 0.227. The highest BCUT2D eigenvalue weighted by Gasteiger charge is 2.34. The molecule has 7 nitrogen and oxygen atoms in total. The molecule has 0 aliphatic carbocycles. The summed E-state index contributed by atoms with van der Waals surface area (Å²) in [5, 5.41) is 8.10. The molecule has 0 amide bonds. The summed E-state index contributed by atoms with van der Waals surface area (Å²) in [7, 11) is 0. The molecule has 4 aromatic rings. The number of rotatable bonds is 4. The highest BCUT2D eigenvalue weighted by molar-refractivity contribution is 5.86. The number of hydrogen-bond donors (Lipinski definition) is 3. The summed E-state index contributed by atoms with van der Waals surface area (Å²) >= 11 is 0. The van der Waals surface area contributed by atoms with Crippen LogP contribution in [0.2, 0.25) is 0 Å².